The van der Waals surface area contributed by atoms with Crippen molar-refractivity contribution in [3.63, 3.8) is 0 Å². The lowest BCUT2D eigenvalue weighted by Gasteiger charge is -2.03. The van der Waals surface area contributed by atoms with Gasteiger partial charge in [-0.2, -0.15) is 8.81 Å². The fourth-order valence-electron chi connectivity index (χ4n) is 0.622. The number of aryl methyl sites for hydroxylation is 1. The third-order valence-electron chi connectivity index (χ3n) is 1.67. The van der Waals surface area contributed by atoms with Crippen molar-refractivity contribution >= 4 is 14.1 Å². The van der Waals surface area contributed by atoms with Gasteiger partial charge in [0.1, 0.15) is 0 Å². The minimum Gasteiger partial charge on any atom is -0.828 e. The van der Waals surface area contributed by atoms with Gasteiger partial charge in [-0.15, -0.1) is 0 Å². The number of hydrogen-bond acceptors (Lipinski definition) is 1. The van der Waals surface area contributed by atoms with Crippen LogP contribution in [0.5, 0.6) is 0 Å². The molecule has 0 aliphatic heterocycles. The Balaban J connectivity index is 0.000000310. The zero-order valence-electron chi connectivity index (χ0n) is 8.63. The maximum Gasteiger partial charge on any atom is -0.0398 e. The van der Waals surface area contributed by atoms with Crippen LogP contribution in [0.2, 0.25) is 0 Å². The van der Waals surface area contributed by atoms with Crippen molar-refractivity contribution in [2.24, 2.45) is 0 Å². The van der Waals surface area contributed by atoms with E-state index in [-0.39, 0.29) is 8.81 Å². The number of unbranched alkanes of at least 4 members (excludes halogenated alkanes) is 1. The summed E-state index contributed by atoms with van der Waals surface area (Å²) < 4.78 is 0. The Bertz CT molecular complexity index is 204. The van der Waals surface area contributed by atoms with Crippen LogP contribution < -0.4 is 10.2 Å². The summed E-state index contributed by atoms with van der Waals surface area (Å²) in [5, 5.41) is 0.889. The monoisotopic (exact) mass is 197 g/mol. The van der Waals surface area contributed by atoms with Crippen molar-refractivity contribution in [1.82, 2.24) is 0 Å². The van der Waals surface area contributed by atoms with Gasteiger partial charge in [0, 0.05) is 0 Å². The van der Waals surface area contributed by atoms with E-state index in [1.165, 1.54) is 18.4 Å². The summed E-state index contributed by atoms with van der Waals surface area (Å²) in [6.07, 6.45) is 2.64. The highest BCUT2D eigenvalue weighted by Crippen LogP contribution is 1.99. The zero-order valence-corrected chi connectivity index (χ0v) is 9.63. The molecule has 0 aromatic heterocycles. The van der Waals surface area contributed by atoms with Gasteiger partial charge in [-0.05, 0) is 12.2 Å². The first-order valence-electron chi connectivity index (χ1n) is 4.69. The molecule has 2 heteroatoms. The summed E-state index contributed by atoms with van der Waals surface area (Å²) >= 11 is 0. The van der Waals surface area contributed by atoms with Crippen LogP contribution >= 0.6 is 8.81 Å². The first-order chi connectivity index (χ1) is 6.24. The Morgan fingerprint density at radius 1 is 1.08 bits per heavy atom. The molecule has 74 valence electrons. The second kappa shape index (κ2) is 8.22. The van der Waals surface area contributed by atoms with E-state index >= 15 is 0 Å². The highest BCUT2D eigenvalue weighted by molar-refractivity contribution is 7.39. The molecule has 1 unspecified atom stereocenters. The van der Waals surface area contributed by atoms with Crippen molar-refractivity contribution < 1.29 is 4.89 Å². The van der Waals surface area contributed by atoms with E-state index in [0.29, 0.717) is 0 Å². The van der Waals surface area contributed by atoms with Crippen molar-refractivity contribution in [2.45, 2.75) is 33.6 Å². The molecule has 0 amide bonds. The van der Waals surface area contributed by atoms with E-state index < -0.39 is 0 Å². The van der Waals surface area contributed by atoms with Crippen molar-refractivity contribution in [1.29, 1.82) is 0 Å². The largest absolute Gasteiger partial charge is 0.828 e. The molecule has 1 nitrogen and oxygen atoms in total. The lowest BCUT2D eigenvalue weighted by molar-refractivity contribution is -0.147. The van der Waals surface area contributed by atoms with E-state index in [4.69, 9.17) is 0 Å². The van der Waals surface area contributed by atoms with Crippen molar-refractivity contribution in [3.8, 4) is 0 Å². The smallest absolute Gasteiger partial charge is 0.0398 e. The predicted molar refractivity (Wildman–Crippen MR) is 59.7 cm³/mol. The lowest BCUT2D eigenvalue weighted by Crippen LogP contribution is -1.98. The average Bonchev–Trinajstić information content (AvgIpc) is 2.19. The van der Waals surface area contributed by atoms with Crippen LogP contribution in [-0.4, -0.2) is 0 Å². The summed E-state index contributed by atoms with van der Waals surface area (Å²) in [5.41, 5.74) is 1.21. The van der Waals surface area contributed by atoms with Gasteiger partial charge in [0.25, 0.3) is 0 Å². The quantitative estimate of drug-likeness (QED) is 0.667. The SMILES string of the molecule is CCCC.Cc1ccc(P[O-])cc1. The topological polar surface area (TPSA) is 23.1 Å². The second-order valence-electron chi connectivity index (χ2n) is 2.97. The molecular formula is C11H18OP-. The summed E-state index contributed by atoms with van der Waals surface area (Å²) in [5.74, 6) is 0. The molecule has 0 saturated heterocycles. The Labute approximate surface area is 83.1 Å². The summed E-state index contributed by atoms with van der Waals surface area (Å²) in [7, 11) is -0.324. The van der Waals surface area contributed by atoms with Crippen LogP contribution in [-0.2, 0) is 0 Å². The normalized spacial score (nSPS) is 9.85. The maximum atomic E-state index is 10.3. The fraction of sp³-hybridized carbons (Fsp3) is 0.455. The number of hydrogen-bond donors (Lipinski definition) is 0. The molecule has 1 aromatic rings. The highest BCUT2D eigenvalue weighted by atomic mass is 31.1. The number of benzene rings is 1. The minimum atomic E-state index is -0.324. The molecule has 0 aliphatic carbocycles. The van der Waals surface area contributed by atoms with Crippen LogP contribution in [0.3, 0.4) is 0 Å². The van der Waals surface area contributed by atoms with Gasteiger partial charge in [-0.3, -0.25) is 0 Å². The zero-order chi connectivity index (χ0) is 10.1. The standard InChI is InChI=1S/C7H8OP.C4H10/c1-6-2-4-7(9-8)5-3-6;1-3-4-2/h2-5,9H,1H3;3-4H2,1-2H3/q-1;. The van der Waals surface area contributed by atoms with Crippen molar-refractivity contribution in [3.05, 3.63) is 29.8 Å². The van der Waals surface area contributed by atoms with Crippen LogP contribution in [0.1, 0.15) is 32.3 Å². The first kappa shape index (κ1) is 12.6. The minimum absolute atomic E-state index is 0.324. The third kappa shape index (κ3) is 6.74. The molecule has 13 heavy (non-hydrogen) atoms. The predicted octanol–water partition coefficient (Wildman–Crippen LogP) is 2.38. The van der Waals surface area contributed by atoms with Gasteiger partial charge >= 0.3 is 0 Å². The Morgan fingerprint density at radius 2 is 1.54 bits per heavy atom. The molecule has 1 rings (SSSR count). The van der Waals surface area contributed by atoms with E-state index in [1.807, 2.05) is 31.2 Å². The molecule has 0 spiro atoms. The van der Waals surface area contributed by atoms with Crippen LogP contribution in [0.4, 0.5) is 0 Å². The molecule has 0 N–H and O–H groups in total. The fourth-order valence-corrected chi connectivity index (χ4v) is 0.924. The Kier molecular flexibility index (Phi) is 7.97. The Morgan fingerprint density at radius 3 is 1.85 bits per heavy atom. The molecule has 0 saturated carbocycles. The molecule has 1 aromatic carbocycles. The second-order valence-corrected chi connectivity index (χ2v) is 3.75. The van der Waals surface area contributed by atoms with Gasteiger partial charge in [-0.1, -0.05) is 56.5 Å². The average molecular weight is 197 g/mol. The lowest BCUT2D eigenvalue weighted by atomic mass is 10.2. The van der Waals surface area contributed by atoms with Gasteiger partial charge in [0.2, 0.25) is 0 Å². The molecule has 1 atom stereocenters. The third-order valence-corrected chi connectivity index (χ3v) is 2.24. The van der Waals surface area contributed by atoms with E-state index in [0.717, 1.165) is 5.30 Å². The molecule has 0 aliphatic rings. The van der Waals surface area contributed by atoms with E-state index in [2.05, 4.69) is 13.8 Å². The Hall–Kier alpha value is -0.390. The molecular weight excluding hydrogens is 179 g/mol. The van der Waals surface area contributed by atoms with Gasteiger partial charge in [0.05, 0.1) is 0 Å². The highest BCUT2D eigenvalue weighted by Gasteiger charge is 1.81. The molecule has 0 heterocycles. The van der Waals surface area contributed by atoms with Crippen LogP contribution in [0, 0.1) is 6.92 Å². The summed E-state index contributed by atoms with van der Waals surface area (Å²) in [6.45, 7) is 6.37. The summed E-state index contributed by atoms with van der Waals surface area (Å²) in [6, 6.07) is 7.67. The van der Waals surface area contributed by atoms with Crippen molar-refractivity contribution in [2.75, 3.05) is 0 Å². The molecule has 0 bridgehead atoms. The van der Waals surface area contributed by atoms with E-state index in [9.17, 15) is 4.89 Å². The molecule has 0 radical (unpaired) electrons. The van der Waals surface area contributed by atoms with Gasteiger partial charge in [0.15, 0.2) is 0 Å². The number of rotatable bonds is 2. The van der Waals surface area contributed by atoms with Gasteiger partial charge < -0.3 is 4.89 Å². The maximum absolute atomic E-state index is 10.3. The van der Waals surface area contributed by atoms with Crippen LogP contribution in [0.25, 0.3) is 0 Å². The van der Waals surface area contributed by atoms with Gasteiger partial charge in [-0.25, -0.2) is 0 Å². The summed E-state index contributed by atoms with van der Waals surface area (Å²) in [4.78, 5) is 10.3. The molecule has 0 fully saturated rings. The van der Waals surface area contributed by atoms with E-state index in [1.54, 1.807) is 0 Å². The van der Waals surface area contributed by atoms with Crippen LogP contribution in [0.15, 0.2) is 24.3 Å². The first-order valence-corrected chi connectivity index (χ1v) is 5.60.